The highest BCUT2D eigenvalue weighted by atomic mass is 32.2. The van der Waals surface area contributed by atoms with Gasteiger partial charge in [0.15, 0.2) is 0 Å². The van der Waals surface area contributed by atoms with Crippen molar-refractivity contribution in [3.05, 3.63) is 47.5 Å². The van der Waals surface area contributed by atoms with Gasteiger partial charge in [-0.3, -0.25) is 4.79 Å². The van der Waals surface area contributed by atoms with Gasteiger partial charge in [0.2, 0.25) is 15.9 Å². The van der Waals surface area contributed by atoms with Gasteiger partial charge in [-0.1, -0.05) is 0 Å². The predicted molar refractivity (Wildman–Crippen MR) is 118 cm³/mol. The van der Waals surface area contributed by atoms with Crippen molar-refractivity contribution in [2.45, 2.75) is 37.0 Å². The minimum Gasteiger partial charge on any atom is -0.497 e. The number of carbonyl (C=O) groups excluding carboxylic acids is 1. The summed E-state index contributed by atoms with van der Waals surface area (Å²) in [6.07, 6.45) is 2.31. The largest absolute Gasteiger partial charge is 0.497 e. The van der Waals surface area contributed by atoms with Gasteiger partial charge in [0.25, 0.3) is 0 Å². The second kappa shape index (κ2) is 8.51. The van der Waals surface area contributed by atoms with E-state index in [1.807, 2.05) is 18.2 Å². The van der Waals surface area contributed by atoms with Crippen LogP contribution in [0.1, 0.15) is 36.8 Å². The highest BCUT2D eigenvalue weighted by Gasteiger charge is 2.35. The van der Waals surface area contributed by atoms with Crippen LogP contribution in [0.5, 0.6) is 11.5 Å². The molecule has 166 valence electrons. The zero-order chi connectivity index (χ0) is 22.2. The van der Waals surface area contributed by atoms with Crippen LogP contribution < -0.4 is 14.4 Å². The number of hydrogen-bond donors (Lipinski definition) is 0. The number of hydrogen-bond acceptors (Lipinski definition) is 5. The number of ether oxygens (including phenoxy) is 2. The quantitative estimate of drug-likeness (QED) is 0.708. The molecular formula is C23H28N2O5S. The molecule has 1 atom stereocenters. The lowest BCUT2D eigenvalue weighted by atomic mass is 9.97. The van der Waals surface area contributed by atoms with Crippen molar-refractivity contribution in [1.82, 2.24) is 4.31 Å². The fraction of sp³-hybridized carbons (Fsp3) is 0.435. The molecule has 2 aromatic rings. The lowest BCUT2D eigenvalue weighted by Crippen LogP contribution is -2.34. The van der Waals surface area contributed by atoms with Gasteiger partial charge in [0.1, 0.15) is 11.5 Å². The average molecular weight is 445 g/mol. The molecule has 0 radical (unpaired) electrons. The maximum atomic E-state index is 13.4. The van der Waals surface area contributed by atoms with E-state index in [2.05, 4.69) is 0 Å². The Bertz CT molecular complexity index is 1100. The second-order valence-electron chi connectivity index (χ2n) is 8.02. The molecule has 0 spiro atoms. The fourth-order valence-corrected chi connectivity index (χ4v) is 6.12. The van der Waals surface area contributed by atoms with E-state index in [1.165, 1.54) is 6.92 Å². The van der Waals surface area contributed by atoms with Crippen LogP contribution in [0.15, 0.2) is 41.3 Å². The molecular weight excluding hydrogens is 416 g/mol. The Morgan fingerprint density at radius 3 is 2.58 bits per heavy atom. The maximum Gasteiger partial charge on any atom is 0.243 e. The van der Waals surface area contributed by atoms with E-state index in [0.29, 0.717) is 26.1 Å². The molecule has 4 rings (SSSR count). The standard InChI is InChI=1S/C23H28N2O5S/c1-16(26)25-11-4-5-17-13-20(7-8-22(17)25)31(27,28)24-12-10-18(15-24)21-14-19(29-2)6-9-23(21)30-3/h6-9,13-14,18H,4-5,10-12,15H2,1-3H3. The summed E-state index contributed by atoms with van der Waals surface area (Å²) in [7, 11) is -0.400. The molecule has 1 saturated heterocycles. The van der Waals surface area contributed by atoms with Gasteiger partial charge in [0.05, 0.1) is 19.1 Å². The lowest BCUT2D eigenvalue weighted by molar-refractivity contribution is -0.116. The second-order valence-corrected chi connectivity index (χ2v) is 9.96. The number of fused-ring (bicyclic) bond motifs is 1. The molecule has 2 aliphatic heterocycles. The van der Waals surface area contributed by atoms with E-state index in [-0.39, 0.29) is 16.7 Å². The molecule has 0 bridgehead atoms. The molecule has 7 nitrogen and oxygen atoms in total. The SMILES string of the molecule is COc1ccc(OC)c(C2CCN(S(=O)(=O)c3ccc4c(c3)CCCN4C(C)=O)C2)c1. The topological polar surface area (TPSA) is 76.2 Å². The van der Waals surface area contributed by atoms with Crippen LogP contribution >= 0.6 is 0 Å². The number of rotatable bonds is 5. The van der Waals surface area contributed by atoms with E-state index in [4.69, 9.17) is 9.47 Å². The molecule has 0 saturated carbocycles. The Balaban J connectivity index is 1.59. The van der Waals surface area contributed by atoms with Gasteiger partial charge < -0.3 is 14.4 Å². The number of sulfonamides is 1. The number of carbonyl (C=O) groups is 1. The highest BCUT2D eigenvalue weighted by molar-refractivity contribution is 7.89. The van der Waals surface area contributed by atoms with Gasteiger partial charge >= 0.3 is 0 Å². The van der Waals surface area contributed by atoms with E-state index >= 15 is 0 Å². The minimum atomic E-state index is -3.63. The normalized spacial score (nSPS) is 19.2. The first-order chi connectivity index (χ1) is 14.8. The van der Waals surface area contributed by atoms with Crippen molar-refractivity contribution in [2.24, 2.45) is 0 Å². The van der Waals surface area contributed by atoms with E-state index in [1.54, 1.807) is 41.6 Å². The summed E-state index contributed by atoms with van der Waals surface area (Å²) in [6, 6.07) is 10.7. The number of amides is 1. The monoisotopic (exact) mass is 444 g/mol. The lowest BCUT2D eigenvalue weighted by Gasteiger charge is -2.29. The third-order valence-electron chi connectivity index (χ3n) is 6.22. The van der Waals surface area contributed by atoms with Crippen LogP contribution in [0.4, 0.5) is 5.69 Å². The average Bonchev–Trinajstić information content (AvgIpc) is 3.28. The molecule has 0 aromatic heterocycles. The van der Waals surface area contributed by atoms with Crippen LogP contribution in [0.2, 0.25) is 0 Å². The van der Waals surface area contributed by atoms with Gasteiger partial charge in [0, 0.05) is 43.7 Å². The number of anilines is 1. The molecule has 2 heterocycles. The van der Waals surface area contributed by atoms with Gasteiger partial charge in [-0.05, 0) is 61.2 Å². The molecule has 0 N–H and O–H groups in total. The molecule has 0 aliphatic carbocycles. The molecule has 1 amide bonds. The first-order valence-electron chi connectivity index (χ1n) is 10.5. The van der Waals surface area contributed by atoms with Crippen molar-refractivity contribution in [3.8, 4) is 11.5 Å². The smallest absolute Gasteiger partial charge is 0.243 e. The number of benzene rings is 2. The van der Waals surface area contributed by atoms with Crippen molar-refractivity contribution in [3.63, 3.8) is 0 Å². The number of aryl methyl sites for hydroxylation is 1. The van der Waals surface area contributed by atoms with E-state index < -0.39 is 10.0 Å². The Morgan fingerprint density at radius 1 is 1.06 bits per heavy atom. The Hall–Kier alpha value is -2.58. The summed E-state index contributed by atoms with van der Waals surface area (Å²) in [5, 5.41) is 0. The van der Waals surface area contributed by atoms with Crippen molar-refractivity contribution < 1.29 is 22.7 Å². The zero-order valence-corrected chi connectivity index (χ0v) is 18.9. The molecule has 1 fully saturated rings. The third-order valence-corrected chi connectivity index (χ3v) is 8.08. The summed E-state index contributed by atoms with van der Waals surface area (Å²) >= 11 is 0. The minimum absolute atomic E-state index is 0.0221. The Labute approximate surface area is 183 Å². The fourth-order valence-electron chi connectivity index (χ4n) is 4.57. The highest BCUT2D eigenvalue weighted by Crippen LogP contribution is 2.38. The summed E-state index contributed by atoms with van der Waals surface area (Å²) < 4.78 is 39.1. The predicted octanol–water partition coefficient (Wildman–Crippen LogP) is 3.18. The van der Waals surface area contributed by atoms with Crippen LogP contribution in [-0.4, -0.2) is 52.5 Å². The third kappa shape index (κ3) is 4.02. The number of nitrogens with zero attached hydrogens (tertiary/aromatic N) is 2. The van der Waals surface area contributed by atoms with Crippen LogP contribution in [-0.2, 0) is 21.2 Å². The first kappa shape index (κ1) is 21.6. The zero-order valence-electron chi connectivity index (χ0n) is 18.1. The molecule has 8 heteroatoms. The molecule has 2 aliphatic rings. The Morgan fingerprint density at radius 2 is 1.87 bits per heavy atom. The van der Waals surface area contributed by atoms with Crippen LogP contribution in [0, 0.1) is 0 Å². The summed E-state index contributed by atoms with van der Waals surface area (Å²) in [6.45, 7) is 3.05. The molecule has 2 aromatic carbocycles. The molecule has 1 unspecified atom stereocenters. The van der Waals surface area contributed by atoms with Gasteiger partial charge in [-0.15, -0.1) is 0 Å². The van der Waals surface area contributed by atoms with Crippen molar-refractivity contribution in [1.29, 1.82) is 0 Å². The number of methoxy groups -OCH3 is 2. The summed E-state index contributed by atoms with van der Waals surface area (Å²) in [4.78, 5) is 13.9. The van der Waals surface area contributed by atoms with Gasteiger partial charge in [-0.2, -0.15) is 4.31 Å². The summed E-state index contributed by atoms with van der Waals surface area (Å²) in [5.74, 6) is 1.47. The van der Waals surface area contributed by atoms with E-state index in [9.17, 15) is 13.2 Å². The van der Waals surface area contributed by atoms with Crippen LogP contribution in [0.3, 0.4) is 0 Å². The summed E-state index contributed by atoms with van der Waals surface area (Å²) in [5.41, 5.74) is 2.69. The Kier molecular flexibility index (Phi) is 5.94. The van der Waals surface area contributed by atoms with E-state index in [0.717, 1.165) is 41.2 Å². The van der Waals surface area contributed by atoms with Crippen LogP contribution in [0.25, 0.3) is 0 Å². The van der Waals surface area contributed by atoms with Crippen molar-refractivity contribution >= 4 is 21.6 Å². The first-order valence-corrected chi connectivity index (χ1v) is 11.9. The maximum absolute atomic E-state index is 13.4. The van der Waals surface area contributed by atoms with Gasteiger partial charge in [-0.25, -0.2) is 8.42 Å². The van der Waals surface area contributed by atoms with Crippen molar-refractivity contribution in [2.75, 3.05) is 38.8 Å². The molecule has 31 heavy (non-hydrogen) atoms.